The van der Waals surface area contributed by atoms with Crippen molar-refractivity contribution in [3.8, 4) is 12.3 Å². The van der Waals surface area contributed by atoms with Gasteiger partial charge in [-0.15, -0.1) is 6.42 Å². The van der Waals surface area contributed by atoms with Crippen molar-refractivity contribution in [2.24, 2.45) is 0 Å². The highest BCUT2D eigenvalue weighted by atomic mass is 32.2. The minimum absolute atomic E-state index is 0.107. The molecule has 1 aromatic carbocycles. The molecule has 0 heterocycles. The molecule has 1 aliphatic carbocycles. The van der Waals surface area contributed by atoms with E-state index in [-0.39, 0.29) is 16.6 Å². The molecule has 0 spiro atoms. The number of hydrogen-bond acceptors (Lipinski definition) is 4. The summed E-state index contributed by atoms with van der Waals surface area (Å²) < 4.78 is 24.6. The van der Waals surface area contributed by atoms with Gasteiger partial charge < -0.3 is 9.80 Å². The van der Waals surface area contributed by atoms with Crippen molar-refractivity contribution >= 4 is 15.7 Å². The molecule has 1 amide bonds. The fourth-order valence-electron chi connectivity index (χ4n) is 4.57. The average molecular weight is 553 g/mol. The molecule has 0 saturated carbocycles. The van der Waals surface area contributed by atoms with E-state index >= 15 is 0 Å². The maximum absolute atomic E-state index is 12.3. The SMILES string of the molecule is C#CC(CS(=O)(=O)C(=C)/C=C\CCCC)c1ccccc1.CCN(CC)C1=CC(C)=C(N(CC)C(C)=O)CC1. The molecule has 214 valence electrons. The van der Waals surface area contributed by atoms with E-state index in [0.29, 0.717) is 0 Å². The molecule has 1 aliphatic rings. The van der Waals surface area contributed by atoms with Crippen LogP contribution in [-0.2, 0) is 14.6 Å². The van der Waals surface area contributed by atoms with Crippen molar-refractivity contribution in [3.05, 3.63) is 82.6 Å². The smallest absolute Gasteiger partial charge is 0.223 e. The lowest BCUT2D eigenvalue weighted by Gasteiger charge is -2.32. The lowest BCUT2D eigenvalue weighted by atomic mass is 9.99. The first-order valence-corrected chi connectivity index (χ1v) is 15.7. The second-order valence-electron chi connectivity index (χ2n) is 9.62. The van der Waals surface area contributed by atoms with E-state index in [1.54, 1.807) is 13.0 Å². The van der Waals surface area contributed by atoms with E-state index in [1.165, 1.54) is 17.0 Å². The van der Waals surface area contributed by atoms with Gasteiger partial charge in [0, 0.05) is 38.0 Å². The van der Waals surface area contributed by atoms with Crippen LogP contribution in [0.5, 0.6) is 0 Å². The Bertz CT molecular complexity index is 1170. The van der Waals surface area contributed by atoms with Crippen molar-refractivity contribution in [1.82, 2.24) is 9.80 Å². The third-order valence-electron chi connectivity index (χ3n) is 6.86. The van der Waals surface area contributed by atoms with Crippen LogP contribution in [0.3, 0.4) is 0 Å². The Morgan fingerprint density at radius 3 is 2.23 bits per heavy atom. The van der Waals surface area contributed by atoms with E-state index in [9.17, 15) is 13.2 Å². The van der Waals surface area contributed by atoms with Crippen LogP contribution < -0.4 is 0 Å². The molecule has 0 bridgehead atoms. The number of hydrogen-bond donors (Lipinski definition) is 0. The number of rotatable bonds is 13. The van der Waals surface area contributed by atoms with Gasteiger partial charge in [0.15, 0.2) is 9.84 Å². The summed E-state index contributed by atoms with van der Waals surface area (Å²) >= 11 is 0. The van der Waals surface area contributed by atoms with E-state index in [0.717, 1.165) is 57.3 Å². The fraction of sp³-hybridized carbons (Fsp3) is 0.485. The van der Waals surface area contributed by atoms with E-state index < -0.39 is 15.8 Å². The molecule has 0 aromatic heterocycles. The predicted molar refractivity (Wildman–Crippen MR) is 166 cm³/mol. The summed E-state index contributed by atoms with van der Waals surface area (Å²) in [5.41, 5.74) is 4.67. The van der Waals surface area contributed by atoms with Crippen LogP contribution in [0.4, 0.5) is 0 Å². The molecule has 0 N–H and O–H groups in total. The molecular formula is C33H48N2O3S. The first-order valence-electron chi connectivity index (χ1n) is 14.1. The zero-order chi connectivity index (χ0) is 29.4. The minimum atomic E-state index is -3.43. The lowest BCUT2D eigenvalue weighted by Crippen LogP contribution is -2.31. The van der Waals surface area contributed by atoms with Crippen molar-refractivity contribution in [1.29, 1.82) is 0 Å². The Balaban J connectivity index is 0.000000395. The number of amides is 1. The van der Waals surface area contributed by atoms with Gasteiger partial charge in [-0.05, 0) is 70.2 Å². The van der Waals surface area contributed by atoms with Crippen LogP contribution >= 0.6 is 0 Å². The molecule has 0 fully saturated rings. The summed E-state index contributed by atoms with van der Waals surface area (Å²) in [7, 11) is -3.43. The van der Waals surface area contributed by atoms with Crippen molar-refractivity contribution < 1.29 is 13.2 Å². The maximum Gasteiger partial charge on any atom is 0.223 e. The average Bonchev–Trinajstić information content (AvgIpc) is 2.92. The highest BCUT2D eigenvalue weighted by Gasteiger charge is 2.21. The quantitative estimate of drug-likeness (QED) is 0.147. The first-order chi connectivity index (χ1) is 18.6. The maximum atomic E-state index is 12.3. The Hall–Kier alpha value is -3.04. The van der Waals surface area contributed by atoms with Crippen LogP contribution in [-0.4, -0.2) is 49.5 Å². The number of carbonyl (C=O) groups excluding carboxylic acids is 1. The Labute approximate surface area is 238 Å². The number of nitrogens with zero attached hydrogens (tertiary/aromatic N) is 2. The molecule has 2 rings (SSSR count). The number of sulfone groups is 1. The highest BCUT2D eigenvalue weighted by molar-refractivity contribution is 7.95. The van der Waals surface area contributed by atoms with Gasteiger partial charge in [-0.1, -0.05) is 68.7 Å². The van der Waals surface area contributed by atoms with Gasteiger partial charge in [0.1, 0.15) is 0 Å². The monoisotopic (exact) mass is 552 g/mol. The van der Waals surface area contributed by atoms with Crippen molar-refractivity contribution in [3.63, 3.8) is 0 Å². The minimum Gasteiger partial charge on any atom is -0.375 e. The van der Waals surface area contributed by atoms with Crippen LogP contribution in [0.2, 0.25) is 0 Å². The van der Waals surface area contributed by atoms with Crippen molar-refractivity contribution in [2.75, 3.05) is 25.4 Å². The summed E-state index contributed by atoms with van der Waals surface area (Å²) in [5.74, 6) is 2.15. The largest absolute Gasteiger partial charge is 0.375 e. The lowest BCUT2D eigenvalue weighted by molar-refractivity contribution is -0.127. The Morgan fingerprint density at radius 2 is 1.74 bits per heavy atom. The van der Waals surface area contributed by atoms with E-state index in [2.05, 4.69) is 51.2 Å². The first kappa shape index (κ1) is 34.0. The van der Waals surface area contributed by atoms with Gasteiger partial charge >= 0.3 is 0 Å². The molecule has 39 heavy (non-hydrogen) atoms. The van der Waals surface area contributed by atoms with Gasteiger partial charge in [0.25, 0.3) is 0 Å². The number of allylic oxidation sites excluding steroid dienone is 6. The van der Waals surface area contributed by atoms with Gasteiger partial charge in [-0.3, -0.25) is 4.79 Å². The molecule has 1 atom stereocenters. The van der Waals surface area contributed by atoms with E-state index in [4.69, 9.17) is 6.42 Å². The number of terminal acetylenes is 1. The topological polar surface area (TPSA) is 57.7 Å². The van der Waals surface area contributed by atoms with Gasteiger partial charge in [0.05, 0.1) is 16.6 Å². The molecule has 1 aromatic rings. The zero-order valence-corrected chi connectivity index (χ0v) is 25.7. The van der Waals surface area contributed by atoms with Gasteiger partial charge in [-0.25, -0.2) is 8.42 Å². The second-order valence-corrected chi connectivity index (χ2v) is 11.7. The predicted octanol–water partition coefficient (Wildman–Crippen LogP) is 7.23. The molecule has 1 unspecified atom stereocenters. The van der Waals surface area contributed by atoms with Crippen LogP contribution in [0, 0.1) is 12.3 Å². The summed E-state index contributed by atoms with van der Waals surface area (Å²) in [6, 6.07) is 9.28. The van der Waals surface area contributed by atoms with Crippen molar-refractivity contribution in [2.45, 2.75) is 79.6 Å². The van der Waals surface area contributed by atoms with Crippen LogP contribution in [0.15, 0.2) is 77.0 Å². The zero-order valence-electron chi connectivity index (χ0n) is 24.9. The standard InChI is InChI=1S/C18H22O2S.C15H26N2O/c1-4-6-7-9-12-16(3)21(19,20)15-17(5-2)18-13-10-8-11-14-18;1-6-16(7-2)14-9-10-15(12(4)11-14)17(8-3)13(5)18/h2,8-14,17H,3-4,6-7,15H2,1H3;11H,6-10H2,1-5H3/b12-9-;. The van der Waals surface area contributed by atoms with Crippen LogP contribution in [0.1, 0.15) is 85.1 Å². The molecular weight excluding hydrogens is 504 g/mol. The molecule has 0 radical (unpaired) electrons. The van der Waals surface area contributed by atoms with E-state index in [1.807, 2.05) is 48.2 Å². The summed E-state index contributed by atoms with van der Waals surface area (Å²) in [5, 5.41) is 0. The molecule has 0 aliphatic heterocycles. The Morgan fingerprint density at radius 1 is 1.10 bits per heavy atom. The third kappa shape index (κ3) is 10.9. The van der Waals surface area contributed by atoms with Crippen LogP contribution in [0.25, 0.3) is 0 Å². The Kier molecular flexibility index (Phi) is 15.3. The third-order valence-corrected chi connectivity index (χ3v) is 8.57. The number of carbonyl (C=O) groups is 1. The van der Waals surface area contributed by atoms with Gasteiger partial charge in [0.2, 0.25) is 5.91 Å². The molecule has 0 saturated heterocycles. The second kappa shape index (κ2) is 17.5. The summed E-state index contributed by atoms with van der Waals surface area (Å²) in [6.07, 6.45) is 16.2. The number of unbranched alkanes of at least 4 members (excludes halogenated alkanes) is 2. The summed E-state index contributed by atoms with van der Waals surface area (Å²) in [4.78, 5) is 16.0. The highest BCUT2D eigenvalue weighted by Crippen LogP contribution is 2.28. The normalized spacial score (nSPS) is 14.1. The fourth-order valence-corrected chi connectivity index (χ4v) is 5.82. The molecule has 6 heteroatoms. The summed E-state index contributed by atoms with van der Waals surface area (Å²) in [6.45, 7) is 18.8. The van der Waals surface area contributed by atoms with Gasteiger partial charge in [-0.2, -0.15) is 0 Å². The molecule has 5 nitrogen and oxygen atoms in total. The number of benzene rings is 1.